The molecule has 1 N–H and O–H groups in total. The second-order valence-electron chi connectivity index (χ2n) is 9.39. The van der Waals surface area contributed by atoms with Crippen molar-refractivity contribution in [2.24, 2.45) is 11.8 Å². The molecule has 2 aromatic rings. The number of rotatable bonds is 5. The molecule has 3 heterocycles. The van der Waals surface area contributed by atoms with Gasteiger partial charge in [0.15, 0.2) is 0 Å². The van der Waals surface area contributed by atoms with Crippen molar-refractivity contribution in [3.8, 4) is 0 Å². The number of aliphatic hydroxyl groups excluding tert-OH is 1. The first-order chi connectivity index (χ1) is 16.7. The number of aliphatic hydroxyl groups is 1. The quantitative estimate of drug-likeness (QED) is 0.579. The monoisotopic (exact) mass is 529 g/mol. The number of hydrogen-bond acceptors (Lipinski definition) is 4. The van der Waals surface area contributed by atoms with Crippen LogP contribution in [-0.4, -0.2) is 64.6 Å². The Hall–Kier alpha value is -1.87. The third-order valence-corrected chi connectivity index (χ3v) is 7.95. The van der Waals surface area contributed by atoms with E-state index in [9.17, 15) is 23.1 Å². The van der Waals surface area contributed by atoms with Crippen LogP contribution < -0.4 is 0 Å². The number of halogens is 5. The van der Waals surface area contributed by atoms with Crippen molar-refractivity contribution in [1.82, 2.24) is 14.8 Å². The minimum Gasteiger partial charge on any atom is -0.396 e. The lowest BCUT2D eigenvalue weighted by Crippen LogP contribution is -2.52. The first-order valence-electron chi connectivity index (χ1n) is 11.8. The van der Waals surface area contributed by atoms with Gasteiger partial charge in [-0.1, -0.05) is 29.3 Å². The highest BCUT2D eigenvalue weighted by Gasteiger charge is 2.35. The maximum atomic E-state index is 12.7. The fourth-order valence-corrected chi connectivity index (χ4v) is 5.51. The zero-order valence-electron chi connectivity index (χ0n) is 19.1. The van der Waals surface area contributed by atoms with E-state index in [0.717, 1.165) is 56.6 Å². The third-order valence-electron chi connectivity index (χ3n) is 7.21. The van der Waals surface area contributed by atoms with Gasteiger partial charge in [-0.05, 0) is 73.9 Å². The molecule has 1 aromatic carbocycles. The van der Waals surface area contributed by atoms with Crippen molar-refractivity contribution in [2.75, 3.05) is 32.8 Å². The summed E-state index contributed by atoms with van der Waals surface area (Å²) in [6.07, 6.45) is -0.153. The van der Waals surface area contributed by atoms with Crippen LogP contribution in [0.4, 0.5) is 13.2 Å². The van der Waals surface area contributed by atoms with E-state index < -0.39 is 11.9 Å². The van der Waals surface area contributed by atoms with Crippen molar-refractivity contribution in [3.05, 3.63) is 63.4 Å². The van der Waals surface area contributed by atoms with E-state index in [1.165, 1.54) is 6.07 Å². The molecule has 4 rings (SSSR count). The van der Waals surface area contributed by atoms with Crippen molar-refractivity contribution >= 4 is 29.1 Å². The number of nitrogens with zero attached hydrogens (tertiary/aromatic N) is 3. The fraction of sp³-hybridized carbons (Fsp3) is 0.520. The maximum Gasteiger partial charge on any atom is 0.433 e. The molecule has 0 unspecified atom stereocenters. The number of pyridine rings is 1. The lowest BCUT2D eigenvalue weighted by Gasteiger charge is -2.44. The SMILES string of the molecule is O=C(c1ccc(C(F)(F)F)nc1)N1CCC(N2CC[C@H](Cc3ccc(Cl)c(Cl)c3)[C@H](CO)C2)CC1. The Morgan fingerprint density at radius 2 is 1.77 bits per heavy atom. The Kier molecular flexibility index (Phi) is 8.26. The molecule has 2 atom stereocenters. The molecule has 35 heavy (non-hydrogen) atoms. The number of hydrogen-bond donors (Lipinski definition) is 1. The number of alkyl halides is 3. The smallest absolute Gasteiger partial charge is 0.396 e. The fourth-order valence-electron chi connectivity index (χ4n) is 5.19. The number of benzene rings is 1. The summed E-state index contributed by atoms with van der Waals surface area (Å²) in [5.74, 6) is 0.205. The Bertz CT molecular complexity index is 1030. The third kappa shape index (κ3) is 6.28. The van der Waals surface area contributed by atoms with Gasteiger partial charge in [-0.15, -0.1) is 0 Å². The van der Waals surface area contributed by atoms with Crippen LogP contribution in [0.15, 0.2) is 36.5 Å². The maximum absolute atomic E-state index is 12.7. The van der Waals surface area contributed by atoms with Gasteiger partial charge in [0.2, 0.25) is 0 Å². The highest BCUT2D eigenvalue weighted by Crippen LogP contribution is 2.32. The van der Waals surface area contributed by atoms with Gasteiger partial charge in [-0.2, -0.15) is 13.2 Å². The summed E-state index contributed by atoms with van der Waals surface area (Å²) in [7, 11) is 0. The van der Waals surface area contributed by atoms with E-state index in [0.29, 0.717) is 35.1 Å². The second kappa shape index (κ2) is 11.0. The highest BCUT2D eigenvalue weighted by atomic mass is 35.5. The van der Waals surface area contributed by atoms with Crippen LogP contribution in [0.2, 0.25) is 10.0 Å². The van der Waals surface area contributed by atoms with Gasteiger partial charge < -0.3 is 10.0 Å². The topological polar surface area (TPSA) is 56.7 Å². The zero-order chi connectivity index (χ0) is 25.2. The first-order valence-corrected chi connectivity index (χ1v) is 12.5. The predicted molar refractivity (Wildman–Crippen MR) is 129 cm³/mol. The molecular formula is C25H28Cl2F3N3O2. The minimum absolute atomic E-state index is 0.112. The molecule has 2 saturated heterocycles. The van der Waals surface area contributed by atoms with Crippen LogP contribution in [0.25, 0.3) is 0 Å². The van der Waals surface area contributed by atoms with Crippen LogP contribution in [0, 0.1) is 11.8 Å². The molecule has 0 saturated carbocycles. The first kappa shape index (κ1) is 26.2. The molecule has 1 amide bonds. The van der Waals surface area contributed by atoms with E-state index in [1.807, 2.05) is 12.1 Å². The Labute approximate surface area is 212 Å². The van der Waals surface area contributed by atoms with Crippen molar-refractivity contribution < 1.29 is 23.1 Å². The molecule has 2 aliphatic rings. The number of amides is 1. The van der Waals surface area contributed by atoms with E-state index >= 15 is 0 Å². The zero-order valence-corrected chi connectivity index (χ0v) is 20.7. The van der Waals surface area contributed by atoms with Gasteiger partial charge in [-0.25, -0.2) is 0 Å². The second-order valence-corrected chi connectivity index (χ2v) is 10.2. The number of carbonyl (C=O) groups excluding carboxylic acids is 1. The minimum atomic E-state index is -4.53. The number of aromatic nitrogens is 1. The van der Waals surface area contributed by atoms with Crippen LogP contribution in [0.5, 0.6) is 0 Å². The summed E-state index contributed by atoms with van der Waals surface area (Å²) in [5, 5.41) is 11.1. The molecule has 5 nitrogen and oxygen atoms in total. The lowest BCUT2D eigenvalue weighted by atomic mass is 9.80. The van der Waals surface area contributed by atoms with E-state index in [2.05, 4.69) is 9.88 Å². The normalized spacial score (nSPS) is 22.4. The van der Waals surface area contributed by atoms with Gasteiger partial charge >= 0.3 is 6.18 Å². The summed E-state index contributed by atoms with van der Waals surface area (Å²) in [4.78, 5) is 20.2. The summed E-state index contributed by atoms with van der Waals surface area (Å²) in [6.45, 7) is 2.91. The number of carbonyl (C=O) groups is 1. The molecule has 0 bridgehead atoms. The van der Waals surface area contributed by atoms with E-state index in [1.54, 1.807) is 11.0 Å². The molecule has 1 aromatic heterocycles. The van der Waals surface area contributed by atoms with Crippen LogP contribution in [0.1, 0.15) is 40.9 Å². The summed E-state index contributed by atoms with van der Waals surface area (Å²) < 4.78 is 38.2. The molecule has 0 spiro atoms. The number of piperidine rings is 2. The standard InChI is InChI=1S/C25H28Cl2F3N3O2/c26-21-3-1-16(12-22(21)27)11-17-5-8-33(14-19(17)15-34)20-6-9-32(10-7-20)24(35)18-2-4-23(31-13-18)25(28,29)30/h1-4,12-13,17,19-20,34H,5-11,14-15H2/t17-,19+/m1/s1. The summed E-state index contributed by atoms with van der Waals surface area (Å²) in [6, 6.07) is 8.02. The molecular weight excluding hydrogens is 502 g/mol. The molecule has 10 heteroatoms. The van der Waals surface area contributed by atoms with Crippen molar-refractivity contribution in [3.63, 3.8) is 0 Å². The Balaban J connectivity index is 1.30. The van der Waals surface area contributed by atoms with Gasteiger partial charge in [0.1, 0.15) is 5.69 Å². The van der Waals surface area contributed by atoms with E-state index in [4.69, 9.17) is 23.2 Å². The van der Waals surface area contributed by atoms with Crippen molar-refractivity contribution in [1.29, 1.82) is 0 Å². The van der Waals surface area contributed by atoms with Crippen LogP contribution >= 0.6 is 23.2 Å². The van der Waals surface area contributed by atoms with Crippen molar-refractivity contribution in [2.45, 2.75) is 37.9 Å². The molecule has 190 valence electrons. The van der Waals surface area contributed by atoms with Crippen LogP contribution in [0.3, 0.4) is 0 Å². The average molecular weight is 530 g/mol. The average Bonchev–Trinajstić information content (AvgIpc) is 2.86. The Morgan fingerprint density at radius 1 is 1.03 bits per heavy atom. The van der Waals surface area contributed by atoms with Gasteiger partial charge in [0.25, 0.3) is 5.91 Å². The highest BCUT2D eigenvalue weighted by molar-refractivity contribution is 6.42. The predicted octanol–water partition coefficient (Wildman–Crippen LogP) is 5.18. The van der Waals surface area contributed by atoms with Gasteiger partial charge in [-0.3, -0.25) is 14.7 Å². The van der Waals surface area contributed by atoms with Crippen LogP contribution in [-0.2, 0) is 12.6 Å². The summed E-state index contributed by atoms with van der Waals surface area (Å²) in [5.41, 5.74) is 0.273. The van der Waals surface area contributed by atoms with E-state index in [-0.39, 0.29) is 24.0 Å². The molecule has 2 fully saturated rings. The lowest BCUT2D eigenvalue weighted by molar-refractivity contribution is -0.141. The van der Waals surface area contributed by atoms with Gasteiger partial charge in [0, 0.05) is 38.5 Å². The molecule has 2 aliphatic heterocycles. The van der Waals surface area contributed by atoms with Gasteiger partial charge in [0.05, 0.1) is 15.6 Å². The molecule has 0 aliphatic carbocycles. The largest absolute Gasteiger partial charge is 0.433 e. The summed E-state index contributed by atoms with van der Waals surface area (Å²) >= 11 is 12.2. The number of likely N-dealkylation sites (tertiary alicyclic amines) is 2. The molecule has 0 radical (unpaired) electrons. The Morgan fingerprint density at radius 3 is 2.37 bits per heavy atom.